The number of benzene rings is 1. The zero-order valence-corrected chi connectivity index (χ0v) is 23.3. The molecule has 12 nitrogen and oxygen atoms in total. The topological polar surface area (TPSA) is 153 Å². The van der Waals surface area contributed by atoms with Crippen LogP contribution in [-0.4, -0.2) is 84.2 Å². The highest BCUT2D eigenvalue weighted by Gasteiger charge is 2.37. The van der Waals surface area contributed by atoms with Gasteiger partial charge in [0.15, 0.2) is 17.2 Å². The lowest BCUT2D eigenvalue weighted by Gasteiger charge is -2.34. The average molecular weight is 618 g/mol. The second kappa shape index (κ2) is 11.5. The molecule has 5 N–H and O–H groups in total. The number of likely N-dealkylation sites (tertiary alicyclic amines) is 1. The van der Waals surface area contributed by atoms with Crippen molar-refractivity contribution in [1.82, 2.24) is 40.1 Å². The predicted octanol–water partition coefficient (Wildman–Crippen LogP) is 2.98. The average Bonchev–Trinajstić information content (AvgIpc) is 3.73. The summed E-state index contributed by atoms with van der Waals surface area (Å²) in [6.07, 6.45) is 1.81. The number of β-amino-alcohol motifs (C(OH)–C–C–N with tert-alkyl or cyclic N) is 1. The fraction of sp³-hybridized carbons (Fsp3) is 0.370. The number of amides is 2. The van der Waals surface area contributed by atoms with Crippen molar-refractivity contribution in [1.29, 1.82) is 0 Å². The smallest absolute Gasteiger partial charge is 0.392 e. The maximum absolute atomic E-state index is 13.4. The second-order valence-corrected chi connectivity index (χ2v) is 10.9. The van der Waals surface area contributed by atoms with Gasteiger partial charge in [0.2, 0.25) is 5.91 Å². The number of alkyl halides is 3. The number of nitrogens with zero attached hydrogens (tertiary/aromatic N) is 5. The number of carbonyl (C=O) groups excluding carboxylic acids is 2. The first-order chi connectivity index (χ1) is 20.6. The molecule has 2 aliphatic rings. The molecule has 2 fully saturated rings. The van der Waals surface area contributed by atoms with Crippen LogP contribution in [0.4, 0.5) is 24.7 Å². The summed E-state index contributed by atoms with van der Waals surface area (Å²) in [5.41, 5.74) is -0.00148. The molecule has 2 atom stereocenters. The summed E-state index contributed by atoms with van der Waals surface area (Å²) in [5, 5.41) is 24.6. The quantitative estimate of drug-likeness (QED) is 0.221. The number of aromatic amines is 1. The highest BCUT2D eigenvalue weighted by atomic mass is 35.5. The molecule has 2 aliphatic heterocycles. The number of aliphatic hydroxyl groups excluding tert-OH is 1. The molecule has 4 aromatic rings. The van der Waals surface area contributed by atoms with E-state index in [1.807, 2.05) is 0 Å². The Kier molecular flexibility index (Phi) is 7.70. The molecule has 226 valence electrons. The second-order valence-electron chi connectivity index (χ2n) is 10.5. The number of carbonyl (C=O) groups is 2. The predicted molar refractivity (Wildman–Crippen MR) is 150 cm³/mol. The number of H-pyrrole nitrogens is 1. The normalized spacial score (nSPS) is 19.6. The first-order valence-electron chi connectivity index (χ1n) is 13.6. The minimum absolute atomic E-state index is 0.0308. The van der Waals surface area contributed by atoms with Crippen molar-refractivity contribution in [2.24, 2.45) is 0 Å². The SMILES string of the molecule is O=C(NC1CCN(C(=O)[C@@H]2C[C@@H](O)CN2)CC1)c1ccc(Nc2nccn3c(-c4c[nH]nc4C(F)(F)F)cnc23)cc1Cl. The van der Waals surface area contributed by atoms with Crippen molar-refractivity contribution in [2.75, 3.05) is 25.0 Å². The van der Waals surface area contributed by atoms with Gasteiger partial charge in [-0.15, -0.1) is 0 Å². The van der Waals surface area contributed by atoms with Gasteiger partial charge in [0.05, 0.1) is 40.2 Å². The maximum atomic E-state index is 13.4. The summed E-state index contributed by atoms with van der Waals surface area (Å²) in [6.45, 7) is 1.41. The number of hydrogen-bond acceptors (Lipinski definition) is 8. The summed E-state index contributed by atoms with van der Waals surface area (Å²) < 4.78 is 41.7. The van der Waals surface area contributed by atoms with Crippen molar-refractivity contribution in [3.05, 3.63) is 59.3 Å². The number of halogens is 4. The molecule has 0 saturated carbocycles. The van der Waals surface area contributed by atoms with Gasteiger partial charge >= 0.3 is 6.18 Å². The molecular formula is C27H27ClF3N9O3. The van der Waals surface area contributed by atoms with Crippen LogP contribution in [0.15, 0.2) is 43.0 Å². The summed E-state index contributed by atoms with van der Waals surface area (Å²) >= 11 is 6.47. The number of fused-ring (bicyclic) bond motifs is 1. The van der Waals surface area contributed by atoms with Crippen LogP contribution in [0.5, 0.6) is 0 Å². The van der Waals surface area contributed by atoms with Gasteiger partial charge in [-0.3, -0.25) is 19.1 Å². The van der Waals surface area contributed by atoms with Crippen LogP contribution >= 0.6 is 11.6 Å². The van der Waals surface area contributed by atoms with E-state index < -0.39 is 18.0 Å². The molecule has 1 aromatic carbocycles. The molecule has 2 amide bonds. The van der Waals surface area contributed by atoms with Gasteiger partial charge in [-0.05, 0) is 37.5 Å². The van der Waals surface area contributed by atoms with E-state index in [4.69, 9.17) is 11.6 Å². The first-order valence-corrected chi connectivity index (χ1v) is 14.0. The monoisotopic (exact) mass is 617 g/mol. The van der Waals surface area contributed by atoms with E-state index in [2.05, 4.69) is 36.1 Å². The lowest BCUT2D eigenvalue weighted by molar-refractivity contribution is -0.140. The molecule has 0 bridgehead atoms. The van der Waals surface area contributed by atoms with Crippen molar-refractivity contribution >= 4 is 40.6 Å². The summed E-state index contributed by atoms with van der Waals surface area (Å²) in [5.74, 6) is -0.111. The van der Waals surface area contributed by atoms with Gasteiger partial charge in [-0.2, -0.15) is 18.3 Å². The van der Waals surface area contributed by atoms with E-state index in [9.17, 15) is 27.9 Å². The highest BCUT2D eigenvalue weighted by Crippen LogP contribution is 2.36. The minimum Gasteiger partial charge on any atom is -0.392 e. The Labute approximate surface area is 247 Å². The van der Waals surface area contributed by atoms with Gasteiger partial charge in [0.1, 0.15) is 0 Å². The first kappa shape index (κ1) is 28.9. The largest absolute Gasteiger partial charge is 0.435 e. The van der Waals surface area contributed by atoms with Crippen LogP contribution < -0.4 is 16.0 Å². The van der Waals surface area contributed by atoms with Crippen LogP contribution in [0.3, 0.4) is 0 Å². The van der Waals surface area contributed by atoms with Crippen molar-refractivity contribution in [3.63, 3.8) is 0 Å². The Hall–Kier alpha value is -4.21. The molecule has 43 heavy (non-hydrogen) atoms. The third-order valence-corrected chi connectivity index (χ3v) is 7.95. The molecule has 0 aliphatic carbocycles. The van der Waals surface area contributed by atoms with E-state index in [1.54, 1.807) is 23.1 Å². The Balaban J connectivity index is 1.10. The van der Waals surface area contributed by atoms with E-state index in [1.165, 1.54) is 23.0 Å². The zero-order chi connectivity index (χ0) is 30.3. The lowest BCUT2D eigenvalue weighted by Crippen LogP contribution is -2.50. The summed E-state index contributed by atoms with van der Waals surface area (Å²) in [7, 11) is 0. The fourth-order valence-corrected chi connectivity index (χ4v) is 5.72. The summed E-state index contributed by atoms with van der Waals surface area (Å²) in [4.78, 5) is 36.0. The number of aliphatic hydroxyl groups is 1. The Morgan fingerprint density at radius 1 is 1.16 bits per heavy atom. The third-order valence-electron chi connectivity index (χ3n) is 7.64. The highest BCUT2D eigenvalue weighted by molar-refractivity contribution is 6.34. The van der Waals surface area contributed by atoms with Crippen LogP contribution in [-0.2, 0) is 11.0 Å². The van der Waals surface area contributed by atoms with Crippen molar-refractivity contribution in [3.8, 4) is 11.3 Å². The van der Waals surface area contributed by atoms with Crippen molar-refractivity contribution in [2.45, 2.75) is 43.6 Å². The fourth-order valence-electron chi connectivity index (χ4n) is 5.45. The zero-order valence-electron chi connectivity index (χ0n) is 22.5. The molecule has 16 heteroatoms. The Morgan fingerprint density at radius 2 is 1.95 bits per heavy atom. The molecule has 6 rings (SSSR count). The van der Waals surface area contributed by atoms with Crippen LogP contribution in [0, 0.1) is 0 Å². The van der Waals surface area contributed by atoms with Gasteiger partial charge < -0.3 is 26.0 Å². The van der Waals surface area contributed by atoms with E-state index in [-0.39, 0.29) is 57.2 Å². The van der Waals surface area contributed by atoms with Gasteiger partial charge in [-0.1, -0.05) is 11.6 Å². The number of piperidine rings is 1. The Bertz CT molecular complexity index is 1670. The Morgan fingerprint density at radius 3 is 2.65 bits per heavy atom. The molecule has 0 spiro atoms. The number of aromatic nitrogens is 5. The minimum atomic E-state index is -4.65. The van der Waals surface area contributed by atoms with Crippen molar-refractivity contribution < 1.29 is 27.9 Å². The molecular weight excluding hydrogens is 591 g/mol. The molecule has 3 aromatic heterocycles. The standard InChI is InChI=1S/C27H27ClF3N9O3/c28-19-9-15(36-23-24-34-13-21(40(24)8-5-32-23)18-12-35-38-22(18)27(29,30)31)1-2-17(19)25(42)37-14-3-6-39(7-4-14)26(43)20-10-16(41)11-33-20/h1-2,5,8-9,12-14,16,20,33,41H,3-4,6-7,10-11H2,(H,32,36)(H,35,38)(H,37,42)/t16-,20+/m1/s1. The number of rotatable bonds is 6. The summed E-state index contributed by atoms with van der Waals surface area (Å²) in [6, 6.07) is 4.25. The van der Waals surface area contributed by atoms with E-state index in [0.29, 0.717) is 44.6 Å². The maximum Gasteiger partial charge on any atom is 0.435 e. The van der Waals surface area contributed by atoms with Crippen LogP contribution in [0.25, 0.3) is 16.9 Å². The number of imidazole rings is 1. The molecule has 0 radical (unpaired) electrons. The van der Waals surface area contributed by atoms with Gasteiger partial charge in [0, 0.05) is 50.0 Å². The lowest BCUT2D eigenvalue weighted by atomic mass is 10.0. The number of anilines is 2. The molecule has 0 unspecified atom stereocenters. The van der Waals surface area contributed by atoms with Crippen LogP contribution in [0.1, 0.15) is 35.3 Å². The number of nitrogens with one attached hydrogen (secondary N) is 4. The van der Waals surface area contributed by atoms with Gasteiger partial charge in [-0.25, -0.2) is 9.97 Å². The van der Waals surface area contributed by atoms with E-state index in [0.717, 1.165) is 6.20 Å². The third kappa shape index (κ3) is 5.87. The van der Waals surface area contributed by atoms with Gasteiger partial charge in [0.25, 0.3) is 5.91 Å². The van der Waals surface area contributed by atoms with Crippen LogP contribution in [0.2, 0.25) is 5.02 Å². The number of hydrogen-bond donors (Lipinski definition) is 5. The molecule has 2 saturated heterocycles. The molecule has 5 heterocycles. The van der Waals surface area contributed by atoms with E-state index >= 15 is 0 Å².